The van der Waals surface area contributed by atoms with E-state index in [0.717, 1.165) is 38.5 Å². The van der Waals surface area contributed by atoms with Crippen LogP contribution in [0.5, 0.6) is 0 Å². The summed E-state index contributed by atoms with van der Waals surface area (Å²) in [4.78, 5) is 26.9. The van der Waals surface area contributed by atoms with Gasteiger partial charge in [0.05, 0.1) is 12.1 Å². The van der Waals surface area contributed by atoms with Crippen LogP contribution in [0.2, 0.25) is 0 Å². The smallest absolute Gasteiger partial charge is 0.166 e. The molecule has 0 saturated heterocycles. The lowest BCUT2D eigenvalue weighted by molar-refractivity contribution is 0.0983. The highest BCUT2D eigenvalue weighted by Crippen LogP contribution is 2.33. The number of carbonyl (C=O) groups excluding carboxylic acids is 1. The van der Waals surface area contributed by atoms with Gasteiger partial charge in [-0.1, -0.05) is 6.07 Å². The Balaban J connectivity index is 1.26. The van der Waals surface area contributed by atoms with E-state index in [1.165, 1.54) is 6.07 Å². The van der Waals surface area contributed by atoms with Crippen LogP contribution in [0, 0.1) is 11.6 Å². The Hall–Kier alpha value is -3.91. The maximum absolute atomic E-state index is 13.4. The fourth-order valence-corrected chi connectivity index (χ4v) is 4.78. The average molecular weight is 475 g/mol. The van der Waals surface area contributed by atoms with Crippen LogP contribution >= 0.6 is 11.3 Å². The molecule has 0 aliphatic carbocycles. The molecule has 5 aromatic rings. The van der Waals surface area contributed by atoms with E-state index in [0.29, 0.717) is 29.9 Å². The van der Waals surface area contributed by atoms with Gasteiger partial charge in [0.1, 0.15) is 11.5 Å². The van der Waals surface area contributed by atoms with E-state index >= 15 is 0 Å². The molecule has 4 aromatic heterocycles. The van der Waals surface area contributed by atoms with Crippen molar-refractivity contribution < 1.29 is 13.6 Å². The van der Waals surface area contributed by atoms with Gasteiger partial charge >= 0.3 is 0 Å². The van der Waals surface area contributed by atoms with Gasteiger partial charge in [-0.25, -0.2) is 18.7 Å². The molecule has 0 aliphatic rings. The second-order valence-corrected chi connectivity index (χ2v) is 8.96. The molecule has 0 spiro atoms. The molecule has 0 fully saturated rings. The van der Waals surface area contributed by atoms with Crippen molar-refractivity contribution in [2.75, 3.05) is 5.32 Å². The van der Waals surface area contributed by atoms with Crippen LogP contribution in [-0.2, 0) is 13.0 Å². The molecule has 5 nitrogen and oxygen atoms in total. The molecular formula is C26H20F2N4OS. The maximum Gasteiger partial charge on any atom is 0.166 e. The summed E-state index contributed by atoms with van der Waals surface area (Å²) in [6.45, 7) is 0.520. The second kappa shape index (κ2) is 9.52. The van der Waals surface area contributed by atoms with Crippen LogP contribution in [0.4, 0.5) is 14.6 Å². The Kier molecular flexibility index (Phi) is 6.14. The Morgan fingerprint density at radius 1 is 1.00 bits per heavy atom. The first-order valence-electron chi connectivity index (χ1n) is 10.8. The van der Waals surface area contributed by atoms with Crippen molar-refractivity contribution in [2.45, 2.75) is 19.4 Å². The number of halogens is 2. The first-order valence-corrected chi connectivity index (χ1v) is 11.6. The third kappa shape index (κ3) is 4.58. The average Bonchev–Trinajstić information content (AvgIpc) is 3.50. The number of Topliss-reactive ketones (excluding diaryl/α,β-unsaturated/α-hetero) is 1. The number of nitrogens with zero attached hydrogens (tertiary/aromatic N) is 2. The number of pyridine rings is 2. The molecule has 1 aromatic carbocycles. The number of ketones is 1. The lowest BCUT2D eigenvalue weighted by Crippen LogP contribution is -2.09. The number of fused-ring (bicyclic) bond motifs is 1. The standard InChI is InChI=1S/C26H20F2N4OS/c27-21-8-5-16(13-22(21)28)6-9-23(33)19-4-2-12-30-26(19)31-14-17-7-10-24(34-17)20-15-32-25-18(20)3-1-11-29-25/h1-5,7-8,10-13,15H,6,9,14H2,(H,29,32)(H,30,31). The minimum Gasteiger partial charge on any atom is -0.365 e. The van der Waals surface area contributed by atoms with E-state index < -0.39 is 11.6 Å². The largest absolute Gasteiger partial charge is 0.365 e. The van der Waals surface area contributed by atoms with Crippen LogP contribution in [0.15, 0.2) is 73.2 Å². The predicted molar refractivity (Wildman–Crippen MR) is 130 cm³/mol. The normalized spacial score (nSPS) is 11.1. The van der Waals surface area contributed by atoms with E-state index in [9.17, 15) is 13.6 Å². The highest BCUT2D eigenvalue weighted by molar-refractivity contribution is 7.15. The molecule has 0 amide bonds. The summed E-state index contributed by atoms with van der Waals surface area (Å²) in [5.74, 6) is -1.41. The number of thiophene rings is 1. The highest BCUT2D eigenvalue weighted by atomic mass is 32.1. The molecule has 0 atom stereocenters. The van der Waals surface area contributed by atoms with Gasteiger partial charge in [0, 0.05) is 45.7 Å². The zero-order valence-corrected chi connectivity index (χ0v) is 18.8. The van der Waals surface area contributed by atoms with E-state index in [1.54, 1.807) is 35.9 Å². The summed E-state index contributed by atoms with van der Waals surface area (Å²) in [6, 6.07) is 15.2. The minimum absolute atomic E-state index is 0.113. The van der Waals surface area contributed by atoms with Crippen LogP contribution in [0.3, 0.4) is 0 Å². The Morgan fingerprint density at radius 2 is 1.85 bits per heavy atom. The third-order valence-corrected chi connectivity index (χ3v) is 6.66. The number of aryl methyl sites for hydroxylation is 1. The van der Waals surface area contributed by atoms with Gasteiger partial charge in [-0.2, -0.15) is 0 Å². The lowest BCUT2D eigenvalue weighted by Gasteiger charge is -2.09. The van der Waals surface area contributed by atoms with Crippen LogP contribution in [-0.4, -0.2) is 20.7 Å². The predicted octanol–water partition coefficient (Wildman–Crippen LogP) is 6.39. The van der Waals surface area contributed by atoms with Crippen molar-refractivity contribution in [1.29, 1.82) is 0 Å². The molecule has 0 aliphatic heterocycles. The number of aromatic amines is 1. The summed E-state index contributed by atoms with van der Waals surface area (Å²) in [5.41, 5.74) is 3.00. The van der Waals surface area contributed by atoms with E-state index in [2.05, 4.69) is 32.4 Å². The summed E-state index contributed by atoms with van der Waals surface area (Å²) >= 11 is 1.66. The lowest BCUT2D eigenvalue weighted by atomic mass is 10.0. The number of carbonyl (C=O) groups is 1. The number of rotatable bonds is 8. The van der Waals surface area contributed by atoms with E-state index in [1.807, 2.05) is 18.3 Å². The van der Waals surface area contributed by atoms with Gasteiger partial charge in [0.25, 0.3) is 0 Å². The second-order valence-electron chi connectivity index (χ2n) is 7.79. The molecule has 2 N–H and O–H groups in total. The van der Waals surface area contributed by atoms with Crippen molar-refractivity contribution in [3.05, 3.63) is 101 Å². The molecule has 0 unspecified atom stereocenters. The number of H-pyrrole nitrogens is 1. The van der Waals surface area contributed by atoms with Gasteiger partial charge in [-0.3, -0.25) is 4.79 Å². The molecular weight excluding hydrogens is 454 g/mol. The summed E-state index contributed by atoms with van der Waals surface area (Å²) in [6.07, 6.45) is 5.84. The molecule has 170 valence electrons. The highest BCUT2D eigenvalue weighted by Gasteiger charge is 2.14. The monoisotopic (exact) mass is 474 g/mol. The molecule has 0 bridgehead atoms. The first kappa shape index (κ1) is 21.9. The van der Waals surface area contributed by atoms with Gasteiger partial charge < -0.3 is 10.3 Å². The van der Waals surface area contributed by atoms with E-state index in [4.69, 9.17) is 0 Å². The van der Waals surface area contributed by atoms with Gasteiger partial charge in [-0.15, -0.1) is 11.3 Å². The fraction of sp³-hybridized carbons (Fsp3) is 0.115. The third-order valence-electron chi connectivity index (χ3n) is 5.54. The minimum atomic E-state index is -0.909. The number of benzene rings is 1. The topological polar surface area (TPSA) is 70.7 Å². The number of hydrogen-bond acceptors (Lipinski definition) is 5. The molecule has 8 heteroatoms. The SMILES string of the molecule is O=C(CCc1ccc(F)c(F)c1)c1cccnc1NCc1ccc(-c2c[nH]c3ncccc23)s1. The van der Waals surface area contributed by atoms with Crippen molar-refractivity contribution >= 4 is 34.0 Å². The molecule has 0 radical (unpaired) electrons. The molecule has 34 heavy (non-hydrogen) atoms. The maximum atomic E-state index is 13.4. The quantitative estimate of drug-likeness (QED) is 0.256. The zero-order valence-electron chi connectivity index (χ0n) is 18.0. The summed E-state index contributed by atoms with van der Waals surface area (Å²) < 4.78 is 26.6. The van der Waals surface area contributed by atoms with Crippen molar-refractivity contribution in [3.8, 4) is 10.4 Å². The number of anilines is 1. The van der Waals surface area contributed by atoms with Gasteiger partial charge in [-0.05, 0) is 60.5 Å². The Bertz CT molecular complexity index is 1480. The van der Waals surface area contributed by atoms with Gasteiger partial charge in [0.2, 0.25) is 0 Å². The van der Waals surface area contributed by atoms with Gasteiger partial charge in [0.15, 0.2) is 17.4 Å². The van der Waals surface area contributed by atoms with Crippen molar-refractivity contribution in [2.24, 2.45) is 0 Å². The molecule has 5 rings (SSSR count). The number of nitrogens with one attached hydrogen (secondary N) is 2. The zero-order chi connectivity index (χ0) is 23.5. The Labute approximate surface area is 198 Å². The van der Waals surface area contributed by atoms with Crippen molar-refractivity contribution in [1.82, 2.24) is 15.0 Å². The number of hydrogen-bond donors (Lipinski definition) is 2. The van der Waals surface area contributed by atoms with E-state index in [-0.39, 0.29) is 12.2 Å². The molecule has 0 saturated carbocycles. The fourth-order valence-electron chi connectivity index (χ4n) is 3.81. The summed E-state index contributed by atoms with van der Waals surface area (Å²) in [7, 11) is 0. The first-order chi connectivity index (χ1) is 16.6. The van der Waals surface area contributed by atoms with Crippen LogP contribution in [0.1, 0.15) is 27.2 Å². The van der Waals surface area contributed by atoms with Crippen LogP contribution < -0.4 is 5.32 Å². The van der Waals surface area contributed by atoms with Crippen LogP contribution in [0.25, 0.3) is 21.5 Å². The summed E-state index contributed by atoms with van der Waals surface area (Å²) in [5, 5.41) is 4.34. The molecule has 4 heterocycles. The number of aromatic nitrogens is 3. The Morgan fingerprint density at radius 3 is 2.74 bits per heavy atom. The van der Waals surface area contributed by atoms with Crippen molar-refractivity contribution in [3.63, 3.8) is 0 Å².